The predicted octanol–water partition coefficient (Wildman–Crippen LogP) is 2.62. The standard InChI is InChI=1S/C15H20FN3O4/c1-15(2,3)23-14(20)18-7-6-17-13(9-18)11-8-10(19(21)22)4-5-12(11)16/h4-5,8,13,17H,6-7,9H2,1-3H3. The number of nitrogens with one attached hydrogen (secondary N) is 1. The first-order chi connectivity index (χ1) is 10.7. The van der Waals surface area contributed by atoms with Crippen molar-refractivity contribution in [3.05, 3.63) is 39.7 Å². The molecule has 7 nitrogen and oxygen atoms in total. The summed E-state index contributed by atoms with van der Waals surface area (Å²) in [7, 11) is 0. The highest BCUT2D eigenvalue weighted by molar-refractivity contribution is 5.68. The van der Waals surface area contributed by atoms with Gasteiger partial charge >= 0.3 is 6.09 Å². The molecule has 1 aromatic rings. The number of amides is 1. The summed E-state index contributed by atoms with van der Waals surface area (Å²) in [6.45, 7) is 6.38. The molecular weight excluding hydrogens is 305 g/mol. The molecule has 0 radical (unpaired) electrons. The van der Waals surface area contributed by atoms with Crippen LogP contribution in [0, 0.1) is 15.9 Å². The fourth-order valence-corrected chi connectivity index (χ4v) is 2.36. The van der Waals surface area contributed by atoms with Crippen LogP contribution in [0.1, 0.15) is 32.4 Å². The summed E-state index contributed by atoms with van der Waals surface area (Å²) in [6.07, 6.45) is -0.477. The highest BCUT2D eigenvalue weighted by atomic mass is 19.1. The minimum Gasteiger partial charge on any atom is -0.444 e. The molecular formula is C15H20FN3O4. The first kappa shape index (κ1) is 17.1. The summed E-state index contributed by atoms with van der Waals surface area (Å²) in [5.41, 5.74) is -0.626. The van der Waals surface area contributed by atoms with Crippen LogP contribution in [0.3, 0.4) is 0 Å². The van der Waals surface area contributed by atoms with Crippen molar-refractivity contribution >= 4 is 11.8 Å². The normalized spacial score (nSPS) is 18.6. The number of hydrogen-bond acceptors (Lipinski definition) is 5. The Morgan fingerprint density at radius 2 is 2.17 bits per heavy atom. The van der Waals surface area contributed by atoms with Gasteiger partial charge in [0.05, 0.1) is 11.0 Å². The van der Waals surface area contributed by atoms with E-state index in [1.165, 1.54) is 11.0 Å². The highest BCUT2D eigenvalue weighted by Crippen LogP contribution is 2.25. The Morgan fingerprint density at radius 3 is 2.78 bits per heavy atom. The van der Waals surface area contributed by atoms with Crippen LogP contribution >= 0.6 is 0 Å². The minimum absolute atomic E-state index is 0.174. The number of non-ortho nitro benzene ring substituents is 1. The molecule has 1 atom stereocenters. The third kappa shape index (κ3) is 4.38. The molecule has 1 saturated heterocycles. The molecule has 1 N–H and O–H groups in total. The number of benzene rings is 1. The van der Waals surface area contributed by atoms with Crippen LogP contribution in [0.4, 0.5) is 14.9 Å². The van der Waals surface area contributed by atoms with Crippen LogP contribution in [0.2, 0.25) is 0 Å². The second-order valence-electron chi connectivity index (χ2n) is 6.40. The molecule has 1 heterocycles. The van der Waals surface area contributed by atoms with Gasteiger partial charge in [0.15, 0.2) is 0 Å². The zero-order chi connectivity index (χ0) is 17.2. The van der Waals surface area contributed by atoms with Crippen molar-refractivity contribution < 1.29 is 18.8 Å². The molecule has 8 heteroatoms. The predicted molar refractivity (Wildman–Crippen MR) is 81.6 cm³/mol. The van der Waals surface area contributed by atoms with E-state index in [-0.39, 0.29) is 17.8 Å². The monoisotopic (exact) mass is 325 g/mol. The van der Waals surface area contributed by atoms with Crippen LogP contribution in [0.25, 0.3) is 0 Å². The maximum absolute atomic E-state index is 14.0. The van der Waals surface area contributed by atoms with Crippen LogP contribution in [0.5, 0.6) is 0 Å². The van der Waals surface area contributed by atoms with Crippen molar-refractivity contribution in [2.75, 3.05) is 19.6 Å². The number of carbonyl (C=O) groups is 1. The molecule has 0 bridgehead atoms. The van der Waals surface area contributed by atoms with Gasteiger partial charge in [0.1, 0.15) is 11.4 Å². The number of piperazine rings is 1. The van der Waals surface area contributed by atoms with Gasteiger partial charge in [-0.2, -0.15) is 0 Å². The van der Waals surface area contributed by atoms with Crippen molar-refractivity contribution in [3.63, 3.8) is 0 Å². The third-order valence-corrected chi connectivity index (χ3v) is 3.39. The number of halogens is 1. The first-order valence-corrected chi connectivity index (χ1v) is 7.32. The molecule has 0 aliphatic carbocycles. The molecule has 126 valence electrons. The van der Waals surface area contributed by atoms with E-state index in [9.17, 15) is 19.3 Å². The maximum Gasteiger partial charge on any atom is 0.410 e. The molecule has 0 saturated carbocycles. The van der Waals surface area contributed by atoms with Gasteiger partial charge in [-0.15, -0.1) is 0 Å². The third-order valence-electron chi connectivity index (χ3n) is 3.39. The summed E-state index contributed by atoms with van der Waals surface area (Å²) >= 11 is 0. The lowest BCUT2D eigenvalue weighted by Crippen LogP contribution is -2.49. The van der Waals surface area contributed by atoms with E-state index in [4.69, 9.17) is 4.74 Å². The first-order valence-electron chi connectivity index (χ1n) is 7.32. The largest absolute Gasteiger partial charge is 0.444 e. The van der Waals surface area contributed by atoms with E-state index in [0.717, 1.165) is 12.1 Å². The van der Waals surface area contributed by atoms with Gasteiger partial charge in [0, 0.05) is 37.3 Å². The Hall–Kier alpha value is -2.22. The molecule has 0 spiro atoms. The molecule has 23 heavy (non-hydrogen) atoms. The van der Waals surface area contributed by atoms with Crippen LogP contribution in [0.15, 0.2) is 18.2 Å². The molecule has 1 aromatic carbocycles. The maximum atomic E-state index is 14.0. The van der Waals surface area contributed by atoms with Crippen LogP contribution in [-0.2, 0) is 4.74 Å². The fraction of sp³-hybridized carbons (Fsp3) is 0.533. The topological polar surface area (TPSA) is 84.7 Å². The van der Waals surface area contributed by atoms with Crippen molar-refractivity contribution in [1.82, 2.24) is 10.2 Å². The molecule has 1 aliphatic heterocycles. The zero-order valence-corrected chi connectivity index (χ0v) is 13.3. The smallest absolute Gasteiger partial charge is 0.410 e. The SMILES string of the molecule is CC(C)(C)OC(=O)N1CCNC(c2cc([N+](=O)[O-])ccc2F)C1. The van der Waals surface area contributed by atoms with E-state index in [0.29, 0.717) is 13.1 Å². The minimum atomic E-state index is -0.617. The number of nitro benzene ring substituents is 1. The zero-order valence-electron chi connectivity index (χ0n) is 13.3. The fourth-order valence-electron chi connectivity index (χ4n) is 2.36. The van der Waals surface area contributed by atoms with Crippen LogP contribution in [-0.4, -0.2) is 41.2 Å². The summed E-state index contributed by atoms with van der Waals surface area (Å²) in [5.74, 6) is -0.542. The molecule has 1 aliphatic rings. The lowest BCUT2D eigenvalue weighted by Gasteiger charge is -2.35. The summed E-state index contributed by atoms with van der Waals surface area (Å²) in [4.78, 5) is 23.9. The molecule has 1 fully saturated rings. The summed E-state index contributed by atoms with van der Waals surface area (Å²) in [5, 5.41) is 13.9. The molecule has 2 rings (SSSR count). The van der Waals surface area contributed by atoms with Crippen molar-refractivity contribution in [2.45, 2.75) is 32.4 Å². The van der Waals surface area contributed by atoms with Gasteiger partial charge in [-0.1, -0.05) is 0 Å². The number of carbonyl (C=O) groups excluding carboxylic acids is 1. The molecule has 1 unspecified atom stereocenters. The number of nitrogens with zero attached hydrogens (tertiary/aromatic N) is 2. The summed E-state index contributed by atoms with van der Waals surface area (Å²) < 4.78 is 19.3. The number of rotatable bonds is 2. The number of ether oxygens (including phenoxy) is 1. The lowest BCUT2D eigenvalue weighted by atomic mass is 10.0. The Balaban J connectivity index is 2.17. The second-order valence-corrected chi connectivity index (χ2v) is 6.40. The number of hydrogen-bond donors (Lipinski definition) is 1. The van der Waals surface area contributed by atoms with E-state index >= 15 is 0 Å². The van der Waals surface area contributed by atoms with E-state index < -0.39 is 28.5 Å². The van der Waals surface area contributed by atoms with E-state index in [2.05, 4.69) is 5.32 Å². The highest BCUT2D eigenvalue weighted by Gasteiger charge is 2.30. The lowest BCUT2D eigenvalue weighted by molar-refractivity contribution is -0.385. The van der Waals surface area contributed by atoms with Gasteiger partial charge in [-0.3, -0.25) is 10.1 Å². The van der Waals surface area contributed by atoms with Crippen molar-refractivity contribution in [1.29, 1.82) is 0 Å². The Bertz CT molecular complexity index is 615. The average molecular weight is 325 g/mol. The second kappa shape index (κ2) is 6.49. The average Bonchev–Trinajstić information content (AvgIpc) is 2.46. The van der Waals surface area contributed by atoms with Crippen molar-refractivity contribution in [2.24, 2.45) is 0 Å². The Labute approximate surface area is 133 Å². The van der Waals surface area contributed by atoms with Gasteiger partial charge in [-0.25, -0.2) is 9.18 Å². The van der Waals surface area contributed by atoms with Gasteiger partial charge in [-0.05, 0) is 26.8 Å². The van der Waals surface area contributed by atoms with E-state index in [1.54, 1.807) is 20.8 Å². The van der Waals surface area contributed by atoms with Gasteiger partial charge < -0.3 is 15.0 Å². The quantitative estimate of drug-likeness (QED) is 0.667. The van der Waals surface area contributed by atoms with Gasteiger partial charge in [0.2, 0.25) is 0 Å². The molecule has 1 amide bonds. The Morgan fingerprint density at radius 1 is 1.48 bits per heavy atom. The van der Waals surface area contributed by atoms with Gasteiger partial charge in [0.25, 0.3) is 5.69 Å². The summed E-state index contributed by atoms with van der Waals surface area (Å²) in [6, 6.07) is 2.87. The van der Waals surface area contributed by atoms with Crippen LogP contribution < -0.4 is 5.32 Å². The molecule has 0 aromatic heterocycles. The number of nitro groups is 1. The van der Waals surface area contributed by atoms with Crippen molar-refractivity contribution in [3.8, 4) is 0 Å². The Kier molecular flexibility index (Phi) is 4.84. The van der Waals surface area contributed by atoms with E-state index in [1.807, 2.05) is 0 Å².